The molecule has 4 unspecified atom stereocenters. The number of carboxylic acid groups (broad SMARTS) is 1. The first-order valence-electron chi connectivity index (χ1n) is 14.5. The summed E-state index contributed by atoms with van der Waals surface area (Å²) in [6.07, 6.45) is 11.0. The van der Waals surface area contributed by atoms with Crippen LogP contribution in [0.3, 0.4) is 0 Å². The average Bonchev–Trinajstić information content (AvgIpc) is 3.37. The van der Waals surface area contributed by atoms with Crippen LogP contribution in [0, 0.1) is 5.92 Å². The fourth-order valence-electron chi connectivity index (χ4n) is 6.45. The number of hydrogen-bond acceptors (Lipinski definition) is 6. The van der Waals surface area contributed by atoms with E-state index in [1.165, 1.54) is 19.3 Å². The van der Waals surface area contributed by atoms with Crippen molar-refractivity contribution in [3.63, 3.8) is 0 Å². The highest BCUT2D eigenvalue weighted by atomic mass is 16.7. The molecule has 0 aromatic carbocycles. The van der Waals surface area contributed by atoms with Crippen LogP contribution in [0.15, 0.2) is 0 Å². The number of hydrogen-bond donors (Lipinski definition) is 5. The van der Waals surface area contributed by atoms with Crippen LogP contribution in [-0.4, -0.2) is 72.1 Å². The molecule has 0 aromatic rings. The number of carbonyl (C=O) groups excluding carboxylic acids is 3. The highest BCUT2D eigenvalue weighted by molar-refractivity contribution is 5.84. The molecule has 1 saturated heterocycles. The lowest BCUT2D eigenvalue weighted by molar-refractivity contribution is -0.138. The van der Waals surface area contributed by atoms with Gasteiger partial charge in [0.1, 0.15) is 6.79 Å². The maximum absolute atomic E-state index is 12.6. The first-order valence-corrected chi connectivity index (χ1v) is 14.5. The van der Waals surface area contributed by atoms with Crippen LogP contribution in [0.25, 0.3) is 0 Å². The first-order chi connectivity index (χ1) is 18.4. The molecule has 11 heteroatoms. The van der Waals surface area contributed by atoms with Crippen molar-refractivity contribution in [1.82, 2.24) is 21.3 Å². The van der Waals surface area contributed by atoms with Crippen LogP contribution < -0.4 is 21.3 Å². The Kier molecular flexibility index (Phi) is 10.6. The van der Waals surface area contributed by atoms with Crippen molar-refractivity contribution < 1.29 is 33.8 Å². The summed E-state index contributed by atoms with van der Waals surface area (Å²) in [6.45, 7) is 0.265. The first kappa shape index (κ1) is 28.6. The predicted octanol–water partition coefficient (Wildman–Crippen LogP) is 2.33. The lowest BCUT2D eigenvalue weighted by atomic mass is 9.80. The van der Waals surface area contributed by atoms with E-state index in [0.717, 1.165) is 51.4 Å². The van der Waals surface area contributed by atoms with Gasteiger partial charge in [-0.15, -0.1) is 0 Å². The highest BCUT2D eigenvalue weighted by Crippen LogP contribution is 2.34. The second-order valence-electron chi connectivity index (χ2n) is 11.4. The quantitative estimate of drug-likeness (QED) is 0.287. The van der Waals surface area contributed by atoms with Crippen molar-refractivity contribution in [2.24, 2.45) is 5.92 Å². The molecule has 38 heavy (non-hydrogen) atoms. The highest BCUT2D eigenvalue weighted by Gasteiger charge is 2.39. The van der Waals surface area contributed by atoms with Crippen molar-refractivity contribution in [1.29, 1.82) is 0 Å². The summed E-state index contributed by atoms with van der Waals surface area (Å²) in [7, 11) is 0. The molecule has 1 aliphatic heterocycles. The van der Waals surface area contributed by atoms with Gasteiger partial charge in [0.25, 0.3) is 0 Å². The van der Waals surface area contributed by atoms with Crippen LogP contribution in [0.2, 0.25) is 0 Å². The lowest BCUT2D eigenvalue weighted by Gasteiger charge is -2.34. The second-order valence-corrected chi connectivity index (χ2v) is 11.4. The van der Waals surface area contributed by atoms with Crippen LogP contribution in [0.5, 0.6) is 0 Å². The number of rotatable bonds is 10. The van der Waals surface area contributed by atoms with Gasteiger partial charge in [0.05, 0.1) is 18.6 Å². The summed E-state index contributed by atoms with van der Waals surface area (Å²) in [4.78, 5) is 48.8. The molecule has 0 radical (unpaired) electrons. The number of ether oxygens (including phenoxy) is 2. The third kappa shape index (κ3) is 8.83. The van der Waals surface area contributed by atoms with Gasteiger partial charge in [0, 0.05) is 37.0 Å². The topological polar surface area (TPSA) is 155 Å². The molecule has 4 rings (SSSR count). The van der Waals surface area contributed by atoms with Gasteiger partial charge in [0.2, 0.25) is 11.8 Å². The summed E-state index contributed by atoms with van der Waals surface area (Å²) in [5.74, 6) is -1.46. The van der Waals surface area contributed by atoms with E-state index in [2.05, 4.69) is 21.3 Å². The average molecular weight is 537 g/mol. The van der Waals surface area contributed by atoms with Gasteiger partial charge in [-0.25, -0.2) is 4.79 Å². The molecule has 4 aliphatic rings. The standard InChI is InChI=1S/C27H44N4O7/c32-24(28-19-7-9-20(10-8-19)30-27(36)29-18-4-2-1-3-5-18)12-13-25(33)31-21(15-26(34)35)17-6-11-22-23(14-17)38-16-37-22/h17-23H,1-16H2,(H,28,32)(H,31,33)(H,34,35)(H2,29,30,36). The maximum atomic E-state index is 12.6. The second kappa shape index (κ2) is 14.1. The zero-order valence-electron chi connectivity index (χ0n) is 22.3. The summed E-state index contributed by atoms with van der Waals surface area (Å²) in [5.41, 5.74) is 0. The fraction of sp³-hybridized carbons (Fsp3) is 0.852. The number of fused-ring (bicyclic) bond motifs is 1. The van der Waals surface area contributed by atoms with Gasteiger partial charge in [-0.05, 0) is 63.7 Å². The van der Waals surface area contributed by atoms with Crippen LogP contribution in [0.1, 0.15) is 96.3 Å². The zero-order valence-corrected chi connectivity index (χ0v) is 22.3. The molecule has 4 fully saturated rings. The van der Waals surface area contributed by atoms with E-state index < -0.39 is 12.0 Å². The van der Waals surface area contributed by atoms with E-state index in [1.807, 2.05) is 0 Å². The van der Waals surface area contributed by atoms with Gasteiger partial charge in [-0.1, -0.05) is 19.3 Å². The largest absolute Gasteiger partial charge is 0.481 e. The van der Waals surface area contributed by atoms with E-state index in [9.17, 15) is 24.3 Å². The van der Waals surface area contributed by atoms with E-state index in [4.69, 9.17) is 9.47 Å². The van der Waals surface area contributed by atoms with Crippen LogP contribution in [0.4, 0.5) is 4.79 Å². The van der Waals surface area contributed by atoms with E-state index >= 15 is 0 Å². The predicted molar refractivity (Wildman–Crippen MR) is 138 cm³/mol. The van der Waals surface area contributed by atoms with Gasteiger partial charge in [-0.2, -0.15) is 0 Å². The van der Waals surface area contributed by atoms with Crippen molar-refractivity contribution in [2.45, 2.75) is 133 Å². The molecule has 11 nitrogen and oxygen atoms in total. The molecule has 3 aliphatic carbocycles. The Morgan fingerprint density at radius 2 is 1.32 bits per heavy atom. The minimum absolute atomic E-state index is 0.000340. The van der Waals surface area contributed by atoms with Gasteiger partial charge >= 0.3 is 12.0 Å². The number of urea groups is 1. The Balaban J connectivity index is 1.12. The summed E-state index contributed by atoms with van der Waals surface area (Å²) in [6, 6.07) is -0.157. The number of carboxylic acids is 1. The molecule has 3 saturated carbocycles. The molecule has 0 bridgehead atoms. The molecule has 4 amide bonds. The molecule has 214 valence electrons. The molecule has 1 heterocycles. The zero-order chi connectivity index (χ0) is 26.9. The normalized spacial score (nSPS) is 30.5. The number of carbonyl (C=O) groups is 4. The summed E-state index contributed by atoms with van der Waals surface area (Å²) >= 11 is 0. The maximum Gasteiger partial charge on any atom is 0.315 e. The van der Waals surface area contributed by atoms with Crippen LogP contribution in [-0.2, 0) is 23.9 Å². The molecule has 0 aromatic heterocycles. The fourth-order valence-corrected chi connectivity index (χ4v) is 6.45. The van der Waals surface area contributed by atoms with E-state index in [1.54, 1.807) is 0 Å². The molecule has 0 spiro atoms. The smallest absolute Gasteiger partial charge is 0.315 e. The Hall–Kier alpha value is -2.40. The number of aliphatic carboxylic acids is 1. The monoisotopic (exact) mass is 536 g/mol. The Bertz CT molecular complexity index is 826. The van der Waals surface area contributed by atoms with Crippen molar-refractivity contribution >= 4 is 23.8 Å². The Morgan fingerprint density at radius 3 is 2.00 bits per heavy atom. The SMILES string of the molecule is O=C(O)CC(NC(=O)CCC(=O)NC1CCC(NC(=O)NC2CCCCC2)CC1)C1CCC2OCOC2C1. The Morgan fingerprint density at radius 1 is 0.711 bits per heavy atom. The van der Waals surface area contributed by atoms with Crippen molar-refractivity contribution in [3.05, 3.63) is 0 Å². The van der Waals surface area contributed by atoms with Gasteiger partial charge in [-0.3, -0.25) is 14.4 Å². The van der Waals surface area contributed by atoms with Crippen molar-refractivity contribution in [2.75, 3.05) is 6.79 Å². The minimum Gasteiger partial charge on any atom is -0.481 e. The Labute approximate surface area is 224 Å². The third-order valence-electron chi connectivity index (χ3n) is 8.59. The van der Waals surface area contributed by atoms with Gasteiger partial charge < -0.3 is 35.8 Å². The van der Waals surface area contributed by atoms with Crippen molar-refractivity contribution in [3.8, 4) is 0 Å². The molecule has 4 atom stereocenters. The van der Waals surface area contributed by atoms with Gasteiger partial charge in [0.15, 0.2) is 0 Å². The molecular weight excluding hydrogens is 492 g/mol. The number of amides is 4. The molecule has 5 N–H and O–H groups in total. The van der Waals surface area contributed by atoms with Crippen LogP contribution >= 0.6 is 0 Å². The summed E-state index contributed by atoms with van der Waals surface area (Å²) in [5, 5.41) is 21.4. The third-order valence-corrected chi connectivity index (χ3v) is 8.59. The van der Waals surface area contributed by atoms with E-state index in [-0.39, 0.29) is 80.2 Å². The number of nitrogens with one attached hydrogen (secondary N) is 4. The van der Waals surface area contributed by atoms with E-state index in [0.29, 0.717) is 6.42 Å². The summed E-state index contributed by atoms with van der Waals surface area (Å²) < 4.78 is 11.1. The minimum atomic E-state index is -0.963. The lowest BCUT2D eigenvalue weighted by Crippen LogP contribution is -2.49. The molecular formula is C27H44N4O7.